The summed E-state index contributed by atoms with van der Waals surface area (Å²) < 4.78 is 18.1. The Balaban J connectivity index is 1.79. The molecule has 8 nitrogen and oxygen atoms in total. The lowest BCUT2D eigenvalue weighted by Crippen LogP contribution is -2.12. The molecule has 4 aromatic rings. The van der Waals surface area contributed by atoms with E-state index in [1.54, 1.807) is 33.6 Å². The summed E-state index contributed by atoms with van der Waals surface area (Å²) in [6, 6.07) is 7.27. The number of aryl methyl sites for hydroxylation is 1. The van der Waals surface area contributed by atoms with Crippen LogP contribution in [0.2, 0.25) is 0 Å². The first-order valence-electron chi connectivity index (χ1n) is 9.05. The summed E-state index contributed by atoms with van der Waals surface area (Å²) in [4.78, 5) is 22.2. The van der Waals surface area contributed by atoms with Crippen molar-refractivity contribution >= 4 is 28.7 Å². The van der Waals surface area contributed by atoms with Gasteiger partial charge in [-0.05, 0) is 30.5 Å². The van der Waals surface area contributed by atoms with E-state index in [0.29, 0.717) is 45.0 Å². The third kappa shape index (κ3) is 3.43. The molecular formula is C21H20N4O4S. The lowest BCUT2D eigenvalue weighted by atomic mass is 10.1. The van der Waals surface area contributed by atoms with E-state index >= 15 is 0 Å². The summed E-state index contributed by atoms with van der Waals surface area (Å²) in [5.74, 6) is 1.98. The van der Waals surface area contributed by atoms with Crippen molar-refractivity contribution in [3.8, 4) is 28.5 Å². The Kier molecular flexibility index (Phi) is 5.28. The smallest absolute Gasteiger partial charge is 0.266 e. The summed E-state index contributed by atoms with van der Waals surface area (Å²) in [6.45, 7) is 1.84. The number of amides is 1. The highest BCUT2D eigenvalue weighted by atomic mass is 32.1. The molecule has 154 valence electrons. The zero-order chi connectivity index (χ0) is 21.3. The highest BCUT2D eigenvalue weighted by Crippen LogP contribution is 2.40. The molecule has 0 atom stereocenters. The molecule has 0 aliphatic rings. The molecule has 0 saturated carbocycles. The maximum Gasteiger partial charge on any atom is 0.266 e. The fourth-order valence-corrected chi connectivity index (χ4v) is 3.80. The van der Waals surface area contributed by atoms with Crippen molar-refractivity contribution in [2.45, 2.75) is 6.92 Å². The van der Waals surface area contributed by atoms with Gasteiger partial charge in [-0.3, -0.25) is 14.2 Å². The predicted molar refractivity (Wildman–Crippen MR) is 115 cm³/mol. The Morgan fingerprint density at radius 3 is 2.47 bits per heavy atom. The molecule has 0 saturated heterocycles. The maximum atomic E-state index is 12.6. The van der Waals surface area contributed by atoms with Crippen LogP contribution in [-0.4, -0.2) is 41.6 Å². The largest absolute Gasteiger partial charge is 0.493 e. The number of benzene rings is 1. The quantitative estimate of drug-likeness (QED) is 0.503. The number of imidazole rings is 1. The van der Waals surface area contributed by atoms with Crippen LogP contribution in [0.1, 0.15) is 15.4 Å². The summed E-state index contributed by atoms with van der Waals surface area (Å²) >= 11 is 1.38. The Bertz CT molecular complexity index is 1190. The van der Waals surface area contributed by atoms with E-state index < -0.39 is 0 Å². The number of anilines is 1. The van der Waals surface area contributed by atoms with Gasteiger partial charge in [-0.15, -0.1) is 11.3 Å². The molecule has 1 amide bonds. The van der Waals surface area contributed by atoms with Crippen LogP contribution in [0.15, 0.2) is 42.0 Å². The molecule has 3 aromatic heterocycles. The number of rotatable bonds is 6. The topological polar surface area (TPSA) is 87.0 Å². The molecule has 0 unspecified atom stereocenters. The maximum absolute atomic E-state index is 12.6. The highest BCUT2D eigenvalue weighted by molar-refractivity contribution is 7.12. The van der Waals surface area contributed by atoms with E-state index in [4.69, 9.17) is 14.2 Å². The van der Waals surface area contributed by atoms with E-state index in [1.165, 1.54) is 11.3 Å². The Hall–Kier alpha value is -3.59. The van der Waals surface area contributed by atoms with E-state index in [1.807, 2.05) is 41.1 Å². The second-order valence-corrected chi connectivity index (χ2v) is 7.34. The lowest BCUT2D eigenvalue weighted by Gasteiger charge is -2.14. The number of hydrogen-bond donors (Lipinski definition) is 1. The van der Waals surface area contributed by atoms with Crippen LogP contribution in [-0.2, 0) is 0 Å². The van der Waals surface area contributed by atoms with Crippen molar-refractivity contribution in [1.82, 2.24) is 14.4 Å². The van der Waals surface area contributed by atoms with Crippen LogP contribution in [0.3, 0.4) is 0 Å². The number of ether oxygens (including phenoxy) is 3. The van der Waals surface area contributed by atoms with Gasteiger partial charge in [0.25, 0.3) is 5.91 Å². The number of aromatic nitrogens is 3. The third-order valence-electron chi connectivity index (χ3n) is 4.62. The molecular weight excluding hydrogens is 404 g/mol. The SMILES string of the molecule is COc1cc(-c2cn3c(NC(=O)c4cccs4)c(C)nc3cn2)cc(OC)c1OC. The average Bonchev–Trinajstić information content (AvgIpc) is 3.41. The first-order valence-corrected chi connectivity index (χ1v) is 9.93. The number of methoxy groups -OCH3 is 3. The number of carbonyl (C=O) groups is 1. The van der Waals surface area contributed by atoms with Crippen LogP contribution in [0.4, 0.5) is 5.82 Å². The van der Waals surface area contributed by atoms with E-state index in [2.05, 4.69) is 15.3 Å². The summed E-state index contributed by atoms with van der Waals surface area (Å²) in [7, 11) is 4.69. The zero-order valence-corrected chi connectivity index (χ0v) is 17.7. The summed E-state index contributed by atoms with van der Waals surface area (Å²) in [5.41, 5.74) is 2.76. The second kappa shape index (κ2) is 8.03. The van der Waals surface area contributed by atoms with Crippen molar-refractivity contribution in [2.24, 2.45) is 0 Å². The summed E-state index contributed by atoms with van der Waals surface area (Å²) in [5, 5.41) is 4.82. The summed E-state index contributed by atoms with van der Waals surface area (Å²) in [6.07, 6.45) is 3.48. The zero-order valence-electron chi connectivity index (χ0n) is 16.9. The van der Waals surface area contributed by atoms with Gasteiger partial charge in [0.1, 0.15) is 5.82 Å². The van der Waals surface area contributed by atoms with Crippen LogP contribution in [0.25, 0.3) is 16.9 Å². The average molecular weight is 424 g/mol. The number of fused-ring (bicyclic) bond motifs is 1. The van der Waals surface area contributed by atoms with Gasteiger partial charge in [-0.1, -0.05) is 6.07 Å². The molecule has 1 aromatic carbocycles. The molecule has 0 bridgehead atoms. The normalized spacial score (nSPS) is 10.8. The van der Waals surface area contributed by atoms with E-state index in [9.17, 15) is 4.79 Å². The molecule has 0 fully saturated rings. The van der Waals surface area contributed by atoms with Crippen molar-refractivity contribution in [1.29, 1.82) is 0 Å². The second-order valence-electron chi connectivity index (χ2n) is 6.39. The van der Waals surface area contributed by atoms with Crippen LogP contribution < -0.4 is 19.5 Å². The van der Waals surface area contributed by atoms with Crippen LogP contribution >= 0.6 is 11.3 Å². The van der Waals surface area contributed by atoms with Crippen molar-refractivity contribution in [2.75, 3.05) is 26.6 Å². The monoisotopic (exact) mass is 424 g/mol. The number of nitrogens with zero attached hydrogens (tertiary/aromatic N) is 3. The number of nitrogens with one attached hydrogen (secondary N) is 1. The highest BCUT2D eigenvalue weighted by Gasteiger charge is 2.18. The van der Waals surface area contributed by atoms with Gasteiger partial charge in [-0.2, -0.15) is 0 Å². The van der Waals surface area contributed by atoms with Gasteiger partial charge in [0.05, 0.1) is 43.8 Å². The molecule has 3 heterocycles. The fourth-order valence-electron chi connectivity index (χ4n) is 3.18. The molecule has 30 heavy (non-hydrogen) atoms. The molecule has 9 heteroatoms. The first-order chi connectivity index (χ1) is 14.5. The van der Waals surface area contributed by atoms with Gasteiger partial charge >= 0.3 is 0 Å². The van der Waals surface area contributed by atoms with Crippen molar-refractivity contribution in [3.63, 3.8) is 0 Å². The molecule has 4 rings (SSSR count). The fraction of sp³-hybridized carbons (Fsp3) is 0.190. The van der Waals surface area contributed by atoms with E-state index in [0.717, 1.165) is 5.56 Å². The van der Waals surface area contributed by atoms with Gasteiger partial charge < -0.3 is 19.5 Å². The predicted octanol–water partition coefficient (Wildman–Crippen LogP) is 4.04. The van der Waals surface area contributed by atoms with Crippen molar-refractivity contribution in [3.05, 3.63) is 52.6 Å². The Labute approximate surface area is 177 Å². The lowest BCUT2D eigenvalue weighted by molar-refractivity contribution is 0.103. The van der Waals surface area contributed by atoms with Gasteiger partial charge in [0.2, 0.25) is 5.75 Å². The minimum atomic E-state index is -0.180. The minimum Gasteiger partial charge on any atom is -0.493 e. The number of hydrogen-bond acceptors (Lipinski definition) is 7. The van der Waals surface area contributed by atoms with E-state index in [-0.39, 0.29) is 5.91 Å². The minimum absolute atomic E-state index is 0.180. The third-order valence-corrected chi connectivity index (χ3v) is 5.49. The molecule has 1 N–H and O–H groups in total. The van der Waals surface area contributed by atoms with Gasteiger partial charge in [0, 0.05) is 11.8 Å². The van der Waals surface area contributed by atoms with Gasteiger partial charge in [-0.25, -0.2) is 4.98 Å². The molecule has 0 aliphatic heterocycles. The Morgan fingerprint density at radius 2 is 1.87 bits per heavy atom. The number of thiophene rings is 1. The van der Waals surface area contributed by atoms with Crippen LogP contribution in [0, 0.1) is 6.92 Å². The van der Waals surface area contributed by atoms with Crippen molar-refractivity contribution < 1.29 is 19.0 Å². The first kappa shape index (κ1) is 19.7. The molecule has 0 aliphatic carbocycles. The number of carbonyl (C=O) groups excluding carboxylic acids is 1. The molecule has 0 spiro atoms. The van der Waals surface area contributed by atoms with Gasteiger partial charge in [0.15, 0.2) is 17.1 Å². The van der Waals surface area contributed by atoms with Crippen LogP contribution in [0.5, 0.6) is 17.2 Å². The standard InChI is InChI=1S/C21H20N4O4S/c1-12-20(24-21(26)17-6-5-7-30-17)25-11-14(22-10-18(25)23-12)13-8-15(27-2)19(29-4)16(9-13)28-3/h5-11H,1-4H3,(H,24,26). The Morgan fingerprint density at radius 1 is 1.13 bits per heavy atom. The molecule has 0 radical (unpaired) electrons.